The van der Waals surface area contributed by atoms with E-state index < -0.39 is 0 Å². The van der Waals surface area contributed by atoms with Crippen LogP contribution in [0.2, 0.25) is 0 Å². The lowest BCUT2D eigenvalue weighted by Crippen LogP contribution is -2.06. The number of hydrogen-bond donors (Lipinski definition) is 0. The first-order valence-corrected chi connectivity index (χ1v) is 4.67. The van der Waals surface area contributed by atoms with Crippen molar-refractivity contribution in [2.45, 2.75) is 13.2 Å². The molecule has 0 spiro atoms. The summed E-state index contributed by atoms with van der Waals surface area (Å²) in [4.78, 5) is 4.25. The van der Waals surface area contributed by atoms with Gasteiger partial charge < -0.3 is 9.47 Å². The highest BCUT2D eigenvalue weighted by Crippen LogP contribution is 2.21. The van der Waals surface area contributed by atoms with E-state index in [1.807, 2.05) is 19.1 Å². The first-order chi connectivity index (χ1) is 6.19. The number of aryl methyl sites for hydroxylation is 1. The molecule has 1 heterocycles. The molecular weight excluding hydrogens is 234 g/mol. The third-order valence-electron chi connectivity index (χ3n) is 1.77. The number of aromatic nitrogens is 1. The average molecular weight is 246 g/mol. The van der Waals surface area contributed by atoms with Crippen molar-refractivity contribution in [3.8, 4) is 0 Å². The number of pyridine rings is 1. The largest absolute Gasteiger partial charge is 0.352 e. The Hall–Kier alpha value is -0.450. The molecule has 0 radical (unpaired) electrons. The van der Waals surface area contributed by atoms with Gasteiger partial charge in [0.1, 0.15) is 4.60 Å². The maximum Gasteiger partial charge on any atom is 0.184 e. The van der Waals surface area contributed by atoms with Gasteiger partial charge in [0.2, 0.25) is 0 Å². The fraction of sp³-hybridized carbons (Fsp3) is 0.444. The molecule has 4 heteroatoms. The molecule has 0 aliphatic heterocycles. The minimum Gasteiger partial charge on any atom is -0.352 e. The van der Waals surface area contributed by atoms with E-state index in [0.29, 0.717) is 0 Å². The topological polar surface area (TPSA) is 31.4 Å². The summed E-state index contributed by atoms with van der Waals surface area (Å²) in [6.45, 7) is 1.92. The van der Waals surface area contributed by atoms with Crippen LogP contribution in [0.1, 0.15) is 17.5 Å². The summed E-state index contributed by atoms with van der Waals surface area (Å²) in [5.41, 5.74) is 1.86. The molecule has 1 aromatic rings. The zero-order chi connectivity index (χ0) is 9.84. The lowest BCUT2D eigenvalue weighted by Gasteiger charge is -2.15. The molecular formula is C9H12BrNO2. The highest BCUT2D eigenvalue weighted by molar-refractivity contribution is 9.10. The van der Waals surface area contributed by atoms with E-state index in [2.05, 4.69) is 20.9 Å². The number of halogens is 1. The Morgan fingerprint density at radius 2 is 1.92 bits per heavy atom. The van der Waals surface area contributed by atoms with Crippen molar-refractivity contribution >= 4 is 15.9 Å². The highest BCUT2D eigenvalue weighted by Gasteiger charge is 2.12. The number of ether oxygens (including phenoxy) is 2. The lowest BCUT2D eigenvalue weighted by molar-refractivity contribution is -0.106. The summed E-state index contributed by atoms with van der Waals surface area (Å²) < 4.78 is 11.1. The Labute approximate surface area is 86.2 Å². The van der Waals surface area contributed by atoms with Gasteiger partial charge in [-0.05, 0) is 35.0 Å². The van der Waals surface area contributed by atoms with Crippen LogP contribution in [-0.2, 0) is 9.47 Å². The minimum absolute atomic E-state index is 0.333. The van der Waals surface area contributed by atoms with Crippen LogP contribution in [0, 0.1) is 6.92 Å². The smallest absolute Gasteiger partial charge is 0.184 e. The van der Waals surface area contributed by atoms with Crippen LogP contribution in [0.4, 0.5) is 0 Å². The van der Waals surface area contributed by atoms with E-state index in [1.54, 1.807) is 14.2 Å². The normalized spacial score (nSPS) is 10.8. The standard InChI is InChI=1S/C9H12BrNO2/c1-6-7(9(12-2)13-3)4-5-8(10)11-6/h4-5,9H,1-3H3. The van der Waals surface area contributed by atoms with Crippen molar-refractivity contribution in [1.29, 1.82) is 0 Å². The maximum atomic E-state index is 5.13. The van der Waals surface area contributed by atoms with Gasteiger partial charge in [-0.15, -0.1) is 0 Å². The highest BCUT2D eigenvalue weighted by atomic mass is 79.9. The summed E-state index contributed by atoms with van der Waals surface area (Å²) in [7, 11) is 3.21. The second-order valence-corrected chi connectivity index (χ2v) is 3.42. The summed E-state index contributed by atoms with van der Waals surface area (Å²) >= 11 is 3.30. The molecule has 72 valence electrons. The van der Waals surface area contributed by atoms with Crippen LogP contribution in [0.25, 0.3) is 0 Å². The zero-order valence-electron chi connectivity index (χ0n) is 7.87. The third-order valence-corrected chi connectivity index (χ3v) is 2.22. The Bertz CT molecular complexity index is 287. The molecule has 0 saturated heterocycles. The van der Waals surface area contributed by atoms with Gasteiger partial charge in [0, 0.05) is 25.5 Å². The average Bonchev–Trinajstić information content (AvgIpc) is 2.10. The number of hydrogen-bond acceptors (Lipinski definition) is 3. The fourth-order valence-electron chi connectivity index (χ4n) is 1.14. The van der Waals surface area contributed by atoms with Crippen molar-refractivity contribution in [3.05, 3.63) is 28.0 Å². The van der Waals surface area contributed by atoms with E-state index >= 15 is 0 Å². The number of nitrogens with zero attached hydrogens (tertiary/aromatic N) is 1. The van der Waals surface area contributed by atoms with Crippen molar-refractivity contribution in [1.82, 2.24) is 4.98 Å². The van der Waals surface area contributed by atoms with Crippen molar-refractivity contribution in [3.63, 3.8) is 0 Å². The molecule has 0 bridgehead atoms. The van der Waals surface area contributed by atoms with E-state index in [9.17, 15) is 0 Å². The molecule has 0 N–H and O–H groups in total. The first kappa shape index (κ1) is 10.6. The van der Waals surface area contributed by atoms with E-state index in [1.165, 1.54) is 0 Å². The van der Waals surface area contributed by atoms with Crippen LogP contribution in [-0.4, -0.2) is 19.2 Å². The van der Waals surface area contributed by atoms with Crippen LogP contribution in [0.3, 0.4) is 0 Å². The van der Waals surface area contributed by atoms with Crippen LogP contribution in [0.5, 0.6) is 0 Å². The molecule has 0 aliphatic carbocycles. The fourth-order valence-corrected chi connectivity index (χ4v) is 1.54. The predicted molar refractivity (Wildman–Crippen MR) is 53.4 cm³/mol. The monoisotopic (exact) mass is 245 g/mol. The molecule has 0 aliphatic rings. The van der Waals surface area contributed by atoms with Gasteiger partial charge in [-0.1, -0.05) is 0 Å². The van der Waals surface area contributed by atoms with Gasteiger partial charge in [-0.3, -0.25) is 0 Å². The quantitative estimate of drug-likeness (QED) is 0.606. The van der Waals surface area contributed by atoms with Gasteiger partial charge >= 0.3 is 0 Å². The van der Waals surface area contributed by atoms with Crippen molar-refractivity contribution < 1.29 is 9.47 Å². The predicted octanol–water partition coefficient (Wildman–Crippen LogP) is 2.44. The molecule has 0 atom stereocenters. The van der Waals surface area contributed by atoms with Crippen molar-refractivity contribution in [2.75, 3.05) is 14.2 Å². The van der Waals surface area contributed by atoms with Crippen LogP contribution < -0.4 is 0 Å². The van der Waals surface area contributed by atoms with Crippen LogP contribution in [0.15, 0.2) is 16.7 Å². The maximum absolute atomic E-state index is 5.13. The molecule has 1 rings (SSSR count). The molecule has 0 unspecified atom stereocenters. The summed E-state index contributed by atoms with van der Waals surface area (Å²) in [6.07, 6.45) is -0.333. The SMILES string of the molecule is COC(OC)c1ccc(Br)nc1C. The number of rotatable bonds is 3. The Morgan fingerprint density at radius 1 is 1.31 bits per heavy atom. The van der Waals surface area contributed by atoms with Gasteiger partial charge in [-0.2, -0.15) is 0 Å². The van der Waals surface area contributed by atoms with E-state index in [4.69, 9.17) is 9.47 Å². The second kappa shape index (κ2) is 4.69. The van der Waals surface area contributed by atoms with Crippen molar-refractivity contribution in [2.24, 2.45) is 0 Å². The molecule has 0 saturated carbocycles. The lowest BCUT2D eigenvalue weighted by atomic mass is 10.2. The second-order valence-electron chi connectivity index (χ2n) is 2.61. The van der Waals surface area contributed by atoms with Gasteiger partial charge in [0.25, 0.3) is 0 Å². The van der Waals surface area contributed by atoms with Gasteiger partial charge in [0.15, 0.2) is 6.29 Å². The number of methoxy groups -OCH3 is 2. The summed E-state index contributed by atoms with van der Waals surface area (Å²) in [5.74, 6) is 0. The van der Waals surface area contributed by atoms with Gasteiger partial charge in [0.05, 0.1) is 0 Å². The third kappa shape index (κ3) is 2.49. The molecule has 3 nitrogen and oxygen atoms in total. The summed E-state index contributed by atoms with van der Waals surface area (Å²) in [5, 5.41) is 0. The minimum atomic E-state index is -0.333. The van der Waals surface area contributed by atoms with E-state index in [0.717, 1.165) is 15.9 Å². The molecule has 0 fully saturated rings. The first-order valence-electron chi connectivity index (χ1n) is 3.87. The Morgan fingerprint density at radius 3 is 2.38 bits per heavy atom. The Kier molecular flexibility index (Phi) is 3.84. The molecule has 13 heavy (non-hydrogen) atoms. The molecule has 1 aromatic heterocycles. The molecule has 0 amide bonds. The van der Waals surface area contributed by atoms with Crippen LogP contribution >= 0.6 is 15.9 Å². The molecule has 0 aromatic carbocycles. The summed E-state index contributed by atoms with van der Waals surface area (Å²) in [6, 6.07) is 3.80. The van der Waals surface area contributed by atoms with E-state index in [-0.39, 0.29) is 6.29 Å². The Balaban J connectivity index is 2.99. The van der Waals surface area contributed by atoms with Gasteiger partial charge in [-0.25, -0.2) is 4.98 Å². The zero-order valence-corrected chi connectivity index (χ0v) is 9.46.